The lowest BCUT2D eigenvalue weighted by molar-refractivity contribution is -0.160. The largest absolute Gasteiger partial charge is 0.462 e. The number of unbranched alkanes of at least 4 members (excludes halogenated alkanes) is 5. The van der Waals surface area contributed by atoms with Crippen molar-refractivity contribution in [3.05, 3.63) is 97.2 Å². The van der Waals surface area contributed by atoms with Gasteiger partial charge in [-0.25, -0.2) is 0 Å². The molecule has 0 spiro atoms. The summed E-state index contributed by atoms with van der Waals surface area (Å²) in [5.41, 5.74) is 0. The van der Waals surface area contributed by atoms with Crippen LogP contribution in [0.1, 0.15) is 117 Å². The Balaban J connectivity index is 3.80. The fourth-order valence-electron chi connectivity index (χ4n) is 3.93. The molecule has 0 bridgehead atoms. The molecule has 5 nitrogen and oxygen atoms in total. The number of rotatable bonds is 28. The van der Waals surface area contributed by atoms with Crippen LogP contribution in [-0.2, 0) is 19.1 Å². The summed E-state index contributed by atoms with van der Waals surface area (Å²) in [7, 11) is 0. The van der Waals surface area contributed by atoms with E-state index in [-0.39, 0.29) is 25.6 Å². The third kappa shape index (κ3) is 31.7. The molecule has 0 aliphatic rings. The van der Waals surface area contributed by atoms with E-state index in [1.54, 1.807) is 6.08 Å². The fourth-order valence-corrected chi connectivity index (χ4v) is 3.93. The van der Waals surface area contributed by atoms with Crippen LogP contribution in [0.3, 0.4) is 0 Å². The van der Waals surface area contributed by atoms with E-state index in [1.165, 1.54) is 0 Å². The Labute approximate surface area is 268 Å². The predicted molar refractivity (Wildman–Crippen MR) is 186 cm³/mol. The van der Waals surface area contributed by atoms with Crippen molar-refractivity contribution in [2.24, 2.45) is 0 Å². The number of ether oxygens (including phenoxy) is 2. The molecular weight excluding hydrogens is 548 g/mol. The van der Waals surface area contributed by atoms with Gasteiger partial charge in [-0.05, 0) is 70.6 Å². The maximum absolute atomic E-state index is 12.0. The minimum Gasteiger partial charge on any atom is -0.462 e. The van der Waals surface area contributed by atoms with Crippen molar-refractivity contribution >= 4 is 11.9 Å². The molecule has 0 fully saturated rings. The molecule has 1 atom stereocenters. The molecule has 0 radical (unpaired) electrons. The number of hydrogen-bond donors (Lipinski definition) is 1. The Bertz CT molecular complexity index is 917. The van der Waals surface area contributed by atoms with Gasteiger partial charge < -0.3 is 14.6 Å². The Kier molecular flexibility index (Phi) is 31.8. The van der Waals surface area contributed by atoms with E-state index < -0.39 is 12.1 Å². The van der Waals surface area contributed by atoms with E-state index >= 15 is 0 Å². The van der Waals surface area contributed by atoms with Crippen molar-refractivity contribution in [1.29, 1.82) is 0 Å². The van der Waals surface area contributed by atoms with Crippen molar-refractivity contribution < 1.29 is 24.2 Å². The Morgan fingerprint density at radius 1 is 0.545 bits per heavy atom. The van der Waals surface area contributed by atoms with Crippen LogP contribution in [0, 0.1) is 0 Å². The maximum Gasteiger partial charge on any atom is 0.310 e. The molecule has 1 unspecified atom stereocenters. The van der Waals surface area contributed by atoms with Crippen LogP contribution in [-0.4, -0.2) is 36.4 Å². The molecule has 0 rings (SSSR count). The van der Waals surface area contributed by atoms with E-state index in [9.17, 15) is 14.7 Å². The SMILES string of the molecule is CC/C=C\C/C=C\C/C=C\C/C=C\C/C=C\CC(=O)OC(CO)COC(=O)CCCCCCC/C=C\C/C=C\C/C=C\CC. The highest BCUT2D eigenvalue weighted by Crippen LogP contribution is 2.09. The molecule has 0 heterocycles. The van der Waals surface area contributed by atoms with Crippen LogP contribution < -0.4 is 0 Å². The van der Waals surface area contributed by atoms with Crippen LogP contribution in [0.15, 0.2) is 97.2 Å². The molecule has 0 aromatic heterocycles. The second-order valence-electron chi connectivity index (χ2n) is 10.5. The standard InChI is InChI=1S/C39H60O5/c1-3-5-7-9-11-13-15-17-19-21-23-25-27-29-31-33-38(41)43-36-37(35-40)44-39(42)34-32-30-28-26-24-22-20-18-16-14-12-10-8-6-4-2/h5-8,11-14,17-20,24,26,30,32,37,40H,3-4,9-10,15-16,21-23,25,27-29,31,33-36H2,1-2H3/b7-5-,8-6-,13-11-,14-12-,19-17-,20-18-,26-24-,32-30-. The summed E-state index contributed by atoms with van der Waals surface area (Å²) in [5, 5.41) is 9.49. The second-order valence-corrected chi connectivity index (χ2v) is 10.5. The van der Waals surface area contributed by atoms with E-state index in [0.29, 0.717) is 6.42 Å². The summed E-state index contributed by atoms with van der Waals surface area (Å²) < 4.78 is 10.4. The summed E-state index contributed by atoms with van der Waals surface area (Å²) in [4.78, 5) is 24.1. The summed E-state index contributed by atoms with van der Waals surface area (Å²) in [6, 6.07) is 0. The zero-order valence-electron chi connectivity index (χ0n) is 27.6. The molecule has 5 heteroatoms. The lowest BCUT2D eigenvalue weighted by Gasteiger charge is -2.15. The number of aliphatic hydroxyl groups is 1. The van der Waals surface area contributed by atoms with E-state index in [2.05, 4.69) is 98.9 Å². The normalized spacial score (nSPS) is 13.4. The zero-order valence-corrected chi connectivity index (χ0v) is 27.6. The molecule has 0 saturated carbocycles. The first-order valence-electron chi connectivity index (χ1n) is 16.8. The minimum atomic E-state index is -0.837. The first-order chi connectivity index (χ1) is 21.6. The van der Waals surface area contributed by atoms with Gasteiger partial charge in [0.05, 0.1) is 13.0 Å². The van der Waals surface area contributed by atoms with Crippen molar-refractivity contribution in [3.8, 4) is 0 Å². The molecule has 0 aromatic carbocycles. The predicted octanol–water partition coefficient (Wildman–Crippen LogP) is 10.2. The highest BCUT2D eigenvalue weighted by atomic mass is 16.6. The van der Waals surface area contributed by atoms with E-state index in [1.807, 2.05) is 6.08 Å². The quantitative estimate of drug-likeness (QED) is 0.0543. The molecule has 0 amide bonds. The van der Waals surface area contributed by atoms with Gasteiger partial charge in [-0.15, -0.1) is 0 Å². The number of esters is 2. The van der Waals surface area contributed by atoms with Crippen molar-refractivity contribution in [3.63, 3.8) is 0 Å². The topological polar surface area (TPSA) is 72.8 Å². The van der Waals surface area contributed by atoms with Gasteiger partial charge >= 0.3 is 11.9 Å². The van der Waals surface area contributed by atoms with Crippen molar-refractivity contribution in [1.82, 2.24) is 0 Å². The smallest absolute Gasteiger partial charge is 0.310 e. The highest BCUT2D eigenvalue weighted by molar-refractivity contribution is 5.71. The van der Waals surface area contributed by atoms with Crippen LogP contribution in [0.25, 0.3) is 0 Å². The molecule has 0 aliphatic heterocycles. The summed E-state index contributed by atoms with van der Waals surface area (Å²) in [5.74, 6) is -0.772. The highest BCUT2D eigenvalue weighted by Gasteiger charge is 2.15. The van der Waals surface area contributed by atoms with Gasteiger partial charge in [0.25, 0.3) is 0 Å². The van der Waals surface area contributed by atoms with Gasteiger partial charge in [0.15, 0.2) is 6.10 Å². The number of carbonyl (C=O) groups excluding carboxylic acids is 2. The van der Waals surface area contributed by atoms with Gasteiger partial charge in [-0.1, -0.05) is 130 Å². The van der Waals surface area contributed by atoms with Crippen LogP contribution >= 0.6 is 0 Å². The molecule has 44 heavy (non-hydrogen) atoms. The Morgan fingerprint density at radius 3 is 1.48 bits per heavy atom. The lowest BCUT2D eigenvalue weighted by atomic mass is 10.1. The van der Waals surface area contributed by atoms with Gasteiger partial charge in [-0.2, -0.15) is 0 Å². The van der Waals surface area contributed by atoms with Gasteiger partial charge in [0.1, 0.15) is 6.61 Å². The molecule has 1 N–H and O–H groups in total. The third-order valence-corrected chi connectivity index (χ3v) is 6.41. The van der Waals surface area contributed by atoms with E-state index in [4.69, 9.17) is 9.47 Å². The van der Waals surface area contributed by atoms with E-state index in [0.717, 1.165) is 89.9 Å². The van der Waals surface area contributed by atoms with Gasteiger partial charge in [0, 0.05) is 6.42 Å². The van der Waals surface area contributed by atoms with Gasteiger partial charge in [-0.3, -0.25) is 9.59 Å². The van der Waals surface area contributed by atoms with Crippen molar-refractivity contribution in [2.75, 3.05) is 13.2 Å². The molecule has 0 aliphatic carbocycles. The number of hydrogen-bond acceptors (Lipinski definition) is 5. The maximum atomic E-state index is 12.0. The molecular formula is C39H60O5. The average molecular weight is 609 g/mol. The van der Waals surface area contributed by atoms with Crippen LogP contribution in [0.5, 0.6) is 0 Å². The third-order valence-electron chi connectivity index (χ3n) is 6.41. The second kappa shape index (κ2) is 34.3. The number of carbonyl (C=O) groups is 2. The minimum absolute atomic E-state index is 0.113. The van der Waals surface area contributed by atoms with Crippen molar-refractivity contribution in [2.45, 2.75) is 123 Å². The summed E-state index contributed by atoms with van der Waals surface area (Å²) in [6.07, 6.45) is 47.7. The van der Waals surface area contributed by atoms with Crippen LogP contribution in [0.2, 0.25) is 0 Å². The molecule has 0 saturated heterocycles. The molecule has 0 aromatic rings. The Hall–Kier alpha value is -3.18. The lowest BCUT2D eigenvalue weighted by Crippen LogP contribution is -2.28. The zero-order chi connectivity index (χ0) is 32.2. The fraction of sp³-hybridized carbons (Fsp3) is 0.538. The monoisotopic (exact) mass is 608 g/mol. The van der Waals surface area contributed by atoms with Crippen LogP contribution in [0.4, 0.5) is 0 Å². The first kappa shape index (κ1) is 40.8. The van der Waals surface area contributed by atoms with Gasteiger partial charge in [0.2, 0.25) is 0 Å². The summed E-state index contributed by atoms with van der Waals surface area (Å²) >= 11 is 0. The number of aliphatic hydroxyl groups excluding tert-OH is 1. The Morgan fingerprint density at radius 2 is 0.977 bits per heavy atom. The first-order valence-corrected chi connectivity index (χ1v) is 16.8. The number of allylic oxidation sites excluding steroid dienone is 15. The summed E-state index contributed by atoms with van der Waals surface area (Å²) in [6.45, 7) is 3.77. The molecule has 246 valence electrons. The average Bonchev–Trinajstić information content (AvgIpc) is 3.02.